The summed E-state index contributed by atoms with van der Waals surface area (Å²) in [4.78, 5) is 16.2. The molecule has 0 unspecified atom stereocenters. The van der Waals surface area contributed by atoms with Gasteiger partial charge in [0.25, 0.3) is 0 Å². The third-order valence-corrected chi connectivity index (χ3v) is 4.95. The molecule has 0 saturated carbocycles. The van der Waals surface area contributed by atoms with Gasteiger partial charge in [-0.15, -0.1) is 0 Å². The maximum atomic E-state index is 13.1. The third kappa shape index (κ3) is 5.39. The maximum Gasteiger partial charge on any atom is 0.416 e. The Morgan fingerprint density at radius 3 is 2.36 bits per heavy atom. The smallest absolute Gasteiger partial charge is 0.334 e. The number of hydrogen-bond donors (Lipinski definition) is 1. The Labute approximate surface area is 166 Å². The van der Waals surface area contributed by atoms with E-state index in [0.717, 1.165) is 12.6 Å². The maximum absolute atomic E-state index is 13.1. The summed E-state index contributed by atoms with van der Waals surface area (Å²) in [5.74, 6) is 0. The average molecular weight is 412 g/mol. The molecule has 28 heavy (non-hydrogen) atoms. The van der Waals surface area contributed by atoms with E-state index in [1.165, 1.54) is 17.7 Å². The number of benzene rings is 2. The van der Waals surface area contributed by atoms with Gasteiger partial charge < -0.3 is 10.2 Å². The van der Waals surface area contributed by atoms with Crippen molar-refractivity contribution >= 4 is 17.6 Å². The molecule has 0 bridgehead atoms. The second kappa shape index (κ2) is 8.84. The Hall–Kier alpha value is -2.25. The van der Waals surface area contributed by atoms with Gasteiger partial charge in [-0.05, 0) is 29.3 Å². The minimum Gasteiger partial charge on any atom is -0.334 e. The molecule has 4 nitrogen and oxygen atoms in total. The van der Waals surface area contributed by atoms with Crippen LogP contribution in [0.25, 0.3) is 0 Å². The van der Waals surface area contributed by atoms with Crippen LogP contribution in [-0.2, 0) is 19.3 Å². The Morgan fingerprint density at radius 1 is 1.04 bits per heavy atom. The number of hydrogen-bond acceptors (Lipinski definition) is 2. The summed E-state index contributed by atoms with van der Waals surface area (Å²) in [6.07, 6.45) is -4.49. The van der Waals surface area contributed by atoms with Crippen LogP contribution in [-0.4, -0.2) is 42.0 Å². The van der Waals surface area contributed by atoms with Crippen LogP contribution in [0, 0.1) is 0 Å². The van der Waals surface area contributed by atoms with E-state index in [1.807, 2.05) is 18.2 Å². The molecule has 150 valence electrons. The average Bonchev–Trinajstić information content (AvgIpc) is 2.66. The first-order valence-electron chi connectivity index (χ1n) is 8.97. The van der Waals surface area contributed by atoms with Crippen molar-refractivity contribution in [2.75, 3.05) is 26.2 Å². The van der Waals surface area contributed by atoms with Crippen LogP contribution in [0.15, 0.2) is 48.5 Å². The Kier molecular flexibility index (Phi) is 6.46. The SMILES string of the molecule is O=C(NCc1cc(Cl)ccc1C(F)(F)F)N1CCN(Cc2ccccc2)CC1. The minimum absolute atomic E-state index is 0.0453. The molecular weight excluding hydrogens is 391 g/mol. The van der Waals surface area contributed by atoms with Crippen LogP contribution in [0.2, 0.25) is 5.02 Å². The van der Waals surface area contributed by atoms with Gasteiger partial charge in [0.05, 0.1) is 5.56 Å². The predicted molar refractivity (Wildman–Crippen MR) is 102 cm³/mol. The summed E-state index contributed by atoms with van der Waals surface area (Å²) >= 11 is 5.82. The van der Waals surface area contributed by atoms with E-state index in [2.05, 4.69) is 22.3 Å². The molecule has 2 aromatic carbocycles. The summed E-state index contributed by atoms with van der Waals surface area (Å²) in [5.41, 5.74) is 0.377. The van der Waals surface area contributed by atoms with Gasteiger partial charge in [-0.25, -0.2) is 4.79 Å². The zero-order valence-corrected chi connectivity index (χ0v) is 15.9. The fourth-order valence-corrected chi connectivity index (χ4v) is 3.41. The quantitative estimate of drug-likeness (QED) is 0.810. The van der Waals surface area contributed by atoms with E-state index in [1.54, 1.807) is 4.90 Å². The second-order valence-electron chi connectivity index (χ2n) is 6.71. The Morgan fingerprint density at radius 2 is 1.71 bits per heavy atom. The summed E-state index contributed by atoms with van der Waals surface area (Å²) in [6.45, 7) is 3.08. The number of alkyl halides is 3. The number of carbonyl (C=O) groups excluding carboxylic acids is 1. The number of amides is 2. The molecule has 1 aliphatic rings. The van der Waals surface area contributed by atoms with Crippen LogP contribution in [0.4, 0.5) is 18.0 Å². The lowest BCUT2D eigenvalue weighted by molar-refractivity contribution is -0.138. The van der Waals surface area contributed by atoms with Crippen molar-refractivity contribution < 1.29 is 18.0 Å². The molecule has 0 atom stereocenters. The monoisotopic (exact) mass is 411 g/mol. The molecule has 2 aromatic rings. The zero-order chi connectivity index (χ0) is 20.1. The number of piperazine rings is 1. The number of urea groups is 1. The van der Waals surface area contributed by atoms with Crippen molar-refractivity contribution in [2.24, 2.45) is 0 Å². The van der Waals surface area contributed by atoms with Gasteiger partial charge in [0, 0.05) is 44.3 Å². The predicted octanol–water partition coefficient (Wildman–Crippen LogP) is 4.39. The van der Waals surface area contributed by atoms with Crippen LogP contribution >= 0.6 is 11.6 Å². The molecule has 2 amide bonds. The number of nitrogens with one attached hydrogen (secondary N) is 1. The number of rotatable bonds is 4. The van der Waals surface area contributed by atoms with E-state index in [0.29, 0.717) is 26.2 Å². The zero-order valence-electron chi connectivity index (χ0n) is 15.2. The highest BCUT2D eigenvalue weighted by Crippen LogP contribution is 2.33. The number of nitrogens with zero attached hydrogens (tertiary/aromatic N) is 2. The van der Waals surface area contributed by atoms with Crippen LogP contribution in [0.5, 0.6) is 0 Å². The lowest BCUT2D eigenvalue weighted by atomic mass is 10.1. The molecule has 0 aliphatic carbocycles. The van der Waals surface area contributed by atoms with E-state index in [4.69, 9.17) is 11.6 Å². The van der Waals surface area contributed by atoms with Gasteiger partial charge in [0.1, 0.15) is 0 Å². The molecule has 1 saturated heterocycles. The normalized spacial score (nSPS) is 15.5. The molecule has 0 radical (unpaired) electrons. The highest BCUT2D eigenvalue weighted by Gasteiger charge is 2.33. The van der Waals surface area contributed by atoms with Gasteiger partial charge in [-0.1, -0.05) is 41.9 Å². The van der Waals surface area contributed by atoms with Crippen molar-refractivity contribution in [3.05, 3.63) is 70.2 Å². The van der Waals surface area contributed by atoms with Gasteiger partial charge in [-0.3, -0.25) is 4.90 Å². The van der Waals surface area contributed by atoms with E-state index in [9.17, 15) is 18.0 Å². The van der Waals surface area contributed by atoms with Crippen molar-refractivity contribution in [1.29, 1.82) is 0 Å². The first kappa shape index (κ1) is 20.5. The molecule has 1 fully saturated rings. The molecule has 8 heteroatoms. The largest absolute Gasteiger partial charge is 0.416 e. The van der Waals surface area contributed by atoms with Crippen molar-refractivity contribution in [3.63, 3.8) is 0 Å². The highest BCUT2D eigenvalue weighted by atomic mass is 35.5. The molecule has 1 aliphatic heterocycles. The van der Waals surface area contributed by atoms with E-state index >= 15 is 0 Å². The van der Waals surface area contributed by atoms with E-state index in [-0.39, 0.29) is 23.2 Å². The lowest BCUT2D eigenvalue weighted by Gasteiger charge is -2.34. The van der Waals surface area contributed by atoms with E-state index < -0.39 is 11.7 Å². The fraction of sp³-hybridized carbons (Fsp3) is 0.350. The van der Waals surface area contributed by atoms with Gasteiger partial charge in [0.15, 0.2) is 0 Å². The summed E-state index contributed by atoms with van der Waals surface area (Å²) in [7, 11) is 0. The number of halogens is 4. The molecule has 1 heterocycles. The first-order valence-corrected chi connectivity index (χ1v) is 9.35. The second-order valence-corrected chi connectivity index (χ2v) is 7.14. The Bertz CT molecular complexity index is 806. The topological polar surface area (TPSA) is 35.6 Å². The minimum atomic E-state index is -4.49. The van der Waals surface area contributed by atoms with Crippen molar-refractivity contribution in [3.8, 4) is 0 Å². The summed E-state index contributed by atoms with van der Waals surface area (Å²) in [5, 5.41) is 2.78. The summed E-state index contributed by atoms with van der Waals surface area (Å²) in [6, 6.07) is 13.1. The van der Waals surface area contributed by atoms with Crippen LogP contribution in [0.3, 0.4) is 0 Å². The third-order valence-electron chi connectivity index (χ3n) is 4.71. The van der Waals surface area contributed by atoms with Gasteiger partial charge in [0.2, 0.25) is 0 Å². The molecular formula is C20H21ClF3N3O. The van der Waals surface area contributed by atoms with Crippen LogP contribution in [0.1, 0.15) is 16.7 Å². The Balaban J connectivity index is 1.52. The van der Waals surface area contributed by atoms with Crippen molar-refractivity contribution in [2.45, 2.75) is 19.3 Å². The van der Waals surface area contributed by atoms with Crippen LogP contribution < -0.4 is 5.32 Å². The van der Waals surface area contributed by atoms with Crippen molar-refractivity contribution in [1.82, 2.24) is 15.1 Å². The molecule has 0 spiro atoms. The van der Waals surface area contributed by atoms with Gasteiger partial charge >= 0.3 is 12.2 Å². The molecule has 3 rings (SSSR count). The first-order chi connectivity index (χ1) is 13.3. The fourth-order valence-electron chi connectivity index (χ4n) is 3.22. The summed E-state index contributed by atoms with van der Waals surface area (Å²) < 4.78 is 39.3. The lowest BCUT2D eigenvalue weighted by Crippen LogP contribution is -2.51. The van der Waals surface area contributed by atoms with Gasteiger partial charge in [-0.2, -0.15) is 13.2 Å². The highest BCUT2D eigenvalue weighted by molar-refractivity contribution is 6.30. The number of carbonyl (C=O) groups is 1. The standard InChI is InChI=1S/C20H21ClF3N3O/c21-17-6-7-18(20(22,23)24)16(12-17)13-25-19(28)27-10-8-26(9-11-27)14-15-4-2-1-3-5-15/h1-7,12H,8-11,13-14H2,(H,25,28). The molecule has 1 N–H and O–H groups in total. The molecule has 0 aromatic heterocycles.